The van der Waals surface area contributed by atoms with E-state index < -0.39 is 21.7 Å². The molecular weight excluding hydrogens is 524 g/mol. The van der Waals surface area contributed by atoms with Crippen molar-refractivity contribution in [1.29, 1.82) is 0 Å². The molecule has 1 aliphatic rings. The summed E-state index contributed by atoms with van der Waals surface area (Å²) in [5.74, 6) is 0.659. The van der Waals surface area contributed by atoms with Crippen LogP contribution in [0.4, 0.5) is 10.5 Å². The Balaban J connectivity index is 1.68. The first kappa shape index (κ1) is 27.8. The zero-order valence-corrected chi connectivity index (χ0v) is 23.8. The lowest BCUT2D eigenvalue weighted by Gasteiger charge is -2.32. The van der Waals surface area contributed by atoms with Crippen LogP contribution in [0.2, 0.25) is 5.02 Å². The molecule has 0 saturated heterocycles. The van der Waals surface area contributed by atoms with Crippen LogP contribution in [-0.4, -0.2) is 40.3 Å². The Bertz CT molecular complexity index is 1430. The van der Waals surface area contributed by atoms with E-state index in [1.807, 2.05) is 39.0 Å². The molecule has 202 valence electrons. The number of sulfonamides is 1. The number of fused-ring (bicyclic) bond motifs is 1. The summed E-state index contributed by atoms with van der Waals surface area (Å²) in [5.41, 5.74) is 3.12. The Morgan fingerprint density at radius 1 is 1.03 bits per heavy atom. The van der Waals surface area contributed by atoms with Gasteiger partial charge in [0, 0.05) is 29.2 Å². The minimum Gasteiger partial charge on any atom is -0.496 e. The molecule has 0 heterocycles. The van der Waals surface area contributed by atoms with Crippen LogP contribution in [0, 0.1) is 0 Å². The van der Waals surface area contributed by atoms with Gasteiger partial charge in [-0.3, -0.25) is 4.31 Å². The predicted octanol–water partition coefficient (Wildman–Crippen LogP) is 6.22. The van der Waals surface area contributed by atoms with Crippen molar-refractivity contribution in [1.82, 2.24) is 5.32 Å². The average molecular weight is 557 g/mol. The lowest BCUT2D eigenvalue weighted by atomic mass is 9.86. The van der Waals surface area contributed by atoms with Crippen LogP contribution in [0.3, 0.4) is 0 Å². The van der Waals surface area contributed by atoms with Crippen LogP contribution >= 0.6 is 11.6 Å². The molecule has 0 fully saturated rings. The van der Waals surface area contributed by atoms with Gasteiger partial charge in [-0.15, -0.1) is 0 Å². The van der Waals surface area contributed by atoms with Crippen LogP contribution in [0.15, 0.2) is 65.6 Å². The maximum Gasteiger partial charge on any atom is 0.407 e. The van der Waals surface area contributed by atoms with Crippen molar-refractivity contribution in [3.63, 3.8) is 0 Å². The highest BCUT2D eigenvalue weighted by molar-refractivity contribution is 7.93. The Kier molecular flexibility index (Phi) is 7.95. The number of ether oxygens (including phenoxy) is 2. The number of carbonyl (C=O) groups excluding carboxylic acids is 1. The highest BCUT2D eigenvalue weighted by Gasteiger charge is 2.31. The maximum absolute atomic E-state index is 14.0. The Hall–Kier alpha value is -3.23. The molecule has 4 rings (SSSR count). The Morgan fingerprint density at radius 3 is 2.37 bits per heavy atom. The molecular formula is C29H33ClN2O5S. The minimum absolute atomic E-state index is 0.158. The quantitative estimate of drug-likeness (QED) is 0.389. The fourth-order valence-electron chi connectivity index (χ4n) is 4.75. The fourth-order valence-corrected chi connectivity index (χ4v) is 6.31. The number of carbonyl (C=O) groups is 1. The molecule has 3 aromatic carbocycles. The summed E-state index contributed by atoms with van der Waals surface area (Å²) in [4.78, 5) is 12.6. The molecule has 9 heteroatoms. The molecule has 1 aliphatic carbocycles. The molecule has 0 spiro atoms. The number of nitrogens with zero attached hydrogens (tertiary/aromatic N) is 1. The number of benzene rings is 3. The molecule has 0 unspecified atom stereocenters. The van der Waals surface area contributed by atoms with Crippen LogP contribution in [0.25, 0.3) is 11.1 Å². The Morgan fingerprint density at radius 2 is 1.71 bits per heavy atom. The summed E-state index contributed by atoms with van der Waals surface area (Å²) in [6, 6.07) is 17.4. The molecule has 1 amide bonds. The molecule has 38 heavy (non-hydrogen) atoms. The zero-order valence-electron chi connectivity index (χ0n) is 22.2. The van der Waals surface area contributed by atoms with E-state index in [1.165, 1.54) is 4.31 Å². The van der Waals surface area contributed by atoms with E-state index in [0.29, 0.717) is 41.3 Å². The molecule has 0 bridgehead atoms. The molecule has 0 aromatic heterocycles. The van der Waals surface area contributed by atoms with Crippen LogP contribution in [0.5, 0.6) is 5.75 Å². The second-order valence-corrected chi connectivity index (χ2v) is 12.7. The van der Waals surface area contributed by atoms with Gasteiger partial charge >= 0.3 is 6.09 Å². The van der Waals surface area contributed by atoms with Gasteiger partial charge in [0.15, 0.2) is 0 Å². The SMILES string of the molecule is COc1ccc(N(C)S(=O)(=O)c2ccccc2-c2ccc(Cl)cc2)c2c1C[C@@H](NC(=O)OC(C)(C)C)CC2. The zero-order chi connectivity index (χ0) is 27.7. The number of rotatable bonds is 6. The van der Waals surface area contributed by atoms with Crippen LogP contribution < -0.4 is 14.4 Å². The Labute approximate surface area is 229 Å². The van der Waals surface area contributed by atoms with Gasteiger partial charge in [-0.25, -0.2) is 13.2 Å². The van der Waals surface area contributed by atoms with Crippen LogP contribution in [-0.2, 0) is 27.6 Å². The predicted molar refractivity (Wildman–Crippen MR) is 151 cm³/mol. The fraction of sp³-hybridized carbons (Fsp3) is 0.345. The summed E-state index contributed by atoms with van der Waals surface area (Å²) in [6.07, 6.45) is 1.24. The van der Waals surface area contributed by atoms with Crippen molar-refractivity contribution >= 4 is 33.4 Å². The van der Waals surface area contributed by atoms with Crippen molar-refractivity contribution in [2.75, 3.05) is 18.5 Å². The summed E-state index contributed by atoms with van der Waals surface area (Å²) < 4.78 is 40.3. The summed E-state index contributed by atoms with van der Waals surface area (Å²) >= 11 is 6.05. The number of amides is 1. The lowest BCUT2D eigenvalue weighted by molar-refractivity contribution is 0.0500. The number of hydrogen-bond donors (Lipinski definition) is 1. The molecule has 7 nitrogen and oxygen atoms in total. The first-order valence-electron chi connectivity index (χ1n) is 12.4. The maximum atomic E-state index is 14.0. The third-order valence-corrected chi connectivity index (χ3v) is 8.60. The second kappa shape index (κ2) is 10.9. The summed E-state index contributed by atoms with van der Waals surface area (Å²) in [7, 11) is -0.760. The van der Waals surface area contributed by atoms with E-state index in [2.05, 4.69) is 5.32 Å². The van der Waals surface area contributed by atoms with Gasteiger partial charge in [-0.2, -0.15) is 0 Å². The minimum atomic E-state index is -3.92. The number of alkyl carbamates (subject to hydrolysis) is 1. The number of halogens is 1. The van der Waals surface area contributed by atoms with E-state index in [4.69, 9.17) is 21.1 Å². The van der Waals surface area contributed by atoms with Gasteiger partial charge in [0.05, 0.1) is 17.7 Å². The molecule has 1 N–H and O–H groups in total. The highest BCUT2D eigenvalue weighted by Crippen LogP contribution is 2.39. The number of anilines is 1. The van der Waals surface area contributed by atoms with E-state index in [9.17, 15) is 13.2 Å². The number of hydrogen-bond acceptors (Lipinski definition) is 5. The van der Waals surface area contributed by atoms with Crippen LogP contribution in [0.1, 0.15) is 38.3 Å². The highest BCUT2D eigenvalue weighted by atomic mass is 35.5. The van der Waals surface area contributed by atoms with Crippen molar-refractivity contribution in [2.24, 2.45) is 0 Å². The molecule has 0 aliphatic heterocycles. The van der Waals surface area contributed by atoms with Gasteiger partial charge in [0.25, 0.3) is 10.0 Å². The van der Waals surface area contributed by atoms with Gasteiger partial charge < -0.3 is 14.8 Å². The van der Waals surface area contributed by atoms with Crippen molar-refractivity contribution < 1.29 is 22.7 Å². The lowest BCUT2D eigenvalue weighted by Crippen LogP contribution is -2.42. The van der Waals surface area contributed by atoms with Gasteiger partial charge in [-0.05, 0) is 81.5 Å². The standard InChI is InChI=1S/C29H33ClN2O5S/c1-29(2,3)37-28(33)31-21-14-15-23-24(18-21)26(36-5)17-16-25(23)32(4)38(34,35)27-9-7-6-8-22(27)19-10-12-20(30)13-11-19/h6-13,16-17,21H,14-15,18H2,1-5H3,(H,31,33)/t21-/m0/s1. The van der Waals surface area contributed by atoms with E-state index in [1.54, 1.807) is 56.6 Å². The third-order valence-electron chi connectivity index (χ3n) is 6.52. The largest absolute Gasteiger partial charge is 0.496 e. The van der Waals surface area contributed by atoms with Gasteiger partial charge in [0.2, 0.25) is 0 Å². The average Bonchev–Trinajstić information content (AvgIpc) is 2.87. The summed E-state index contributed by atoms with van der Waals surface area (Å²) in [5, 5.41) is 3.52. The van der Waals surface area contributed by atoms with E-state index in [0.717, 1.165) is 16.7 Å². The van der Waals surface area contributed by atoms with Crippen molar-refractivity contribution in [2.45, 2.75) is 56.6 Å². The van der Waals surface area contributed by atoms with E-state index >= 15 is 0 Å². The third kappa shape index (κ3) is 5.92. The number of nitrogens with one attached hydrogen (secondary N) is 1. The van der Waals surface area contributed by atoms with Crippen molar-refractivity contribution in [3.05, 3.63) is 76.8 Å². The monoisotopic (exact) mass is 556 g/mol. The smallest absolute Gasteiger partial charge is 0.407 e. The first-order chi connectivity index (χ1) is 17.9. The molecule has 0 saturated carbocycles. The van der Waals surface area contributed by atoms with Gasteiger partial charge in [-0.1, -0.05) is 41.9 Å². The first-order valence-corrected chi connectivity index (χ1v) is 14.2. The summed E-state index contributed by atoms with van der Waals surface area (Å²) in [6.45, 7) is 5.46. The van der Waals surface area contributed by atoms with E-state index in [-0.39, 0.29) is 10.9 Å². The molecule has 3 aromatic rings. The second-order valence-electron chi connectivity index (χ2n) is 10.3. The molecule has 1 atom stereocenters. The number of methoxy groups -OCH3 is 1. The van der Waals surface area contributed by atoms with Crippen molar-refractivity contribution in [3.8, 4) is 16.9 Å². The normalized spacial score (nSPS) is 15.4. The topological polar surface area (TPSA) is 84.9 Å². The van der Waals surface area contributed by atoms with Gasteiger partial charge in [0.1, 0.15) is 11.4 Å². The molecule has 0 radical (unpaired) electrons.